The van der Waals surface area contributed by atoms with Gasteiger partial charge in [-0.1, -0.05) is 0 Å². The van der Waals surface area contributed by atoms with E-state index in [1.807, 2.05) is 24.6 Å². The number of ether oxygens (including phenoxy) is 1. The lowest BCUT2D eigenvalue weighted by molar-refractivity contribution is 0.0904. The second-order valence-electron chi connectivity index (χ2n) is 6.40. The standard InChI is InChI=1S/C16H30N6O3S.HI/c1-15(2)25-12-13-26(23,24)22-10-8-21(9-11-22)16(17-3)19-5-7-20-6-4-18-14-20;/h4,6,14-15H,5,7-13H2,1-3H3,(H,17,19);1H. The van der Waals surface area contributed by atoms with E-state index in [2.05, 4.69) is 20.2 Å². The minimum absolute atomic E-state index is 0. The molecule has 9 nitrogen and oxygen atoms in total. The van der Waals surface area contributed by atoms with Gasteiger partial charge in [0.15, 0.2) is 5.96 Å². The van der Waals surface area contributed by atoms with Crippen molar-refractivity contribution in [2.24, 2.45) is 4.99 Å². The third-order valence-electron chi connectivity index (χ3n) is 4.15. The largest absolute Gasteiger partial charge is 0.378 e. The summed E-state index contributed by atoms with van der Waals surface area (Å²) in [6.07, 6.45) is 5.48. The van der Waals surface area contributed by atoms with Gasteiger partial charge in [0.1, 0.15) is 0 Å². The zero-order chi connectivity index (χ0) is 19.0. The molecule has 2 heterocycles. The van der Waals surface area contributed by atoms with E-state index < -0.39 is 10.0 Å². The molecule has 1 N–H and O–H groups in total. The predicted molar refractivity (Wildman–Crippen MR) is 117 cm³/mol. The Hall–Kier alpha value is -0.920. The lowest BCUT2D eigenvalue weighted by Gasteiger charge is -2.35. The van der Waals surface area contributed by atoms with Crippen LogP contribution in [0.15, 0.2) is 23.7 Å². The summed E-state index contributed by atoms with van der Waals surface area (Å²) in [5, 5.41) is 3.32. The fraction of sp³-hybridized carbons (Fsp3) is 0.750. The van der Waals surface area contributed by atoms with Gasteiger partial charge in [-0.2, -0.15) is 4.31 Å². The van der Waals surface area contributed by atoms with Crippen molar-refractivity contribution in [1.29, 1.82) is 0 Å². The molecule has 0 atom stereocenters. The highest BCUT2D eigenvalue weighted by Crippen LogP contribution is 2.09. The summed E-state index contributed by atoms with van der Waals surface area (Å²) in [5.74, 6) is 0.827. The summed E-state index contributed by atoms with van der Waals surface area (Å²) in [6.45, 7) is 7.73. The average Bonchev–Trinajstić information content (AvgIpc) is 3.12. The molecule has 1 aromatic rings. The van der Waals surface area contributed by atoms with E-state index in [9.17, 15) is 8.42 Å². The molecule has 0 spiro atoms. The van der Waals surface area contributed by atoms with Crippen LogP contribution in [0.2, 0.25) is 0 Å². The number of hydrogen-bond acceptors (Lipinski definition) is 5. The number of imidazole rings is 1. The monoisotopic (exact) mass is 514 g/mol. The molecule has 1 aromatic heterocycles. The first-order valence-corrected chi connectivity index (χ1v) is 10.5. The van der Waals surface area contributed by atoms with Crippen LogP contribution in [0.25, 0.3) is 0 Å². The Labute approximate surface area is 179 Å². The molecule has 27 heavy (non-hydrogen) atoms. The average molecular weight is 514 g/mol. The SMILES string of the molecule is CN=C(NCCn1ccnc1)N1CCN(S(=O)(=O)CCOC(C)C)CC1.I. The number of piperazine rings is 1. The van der Waals surface area contributed by atoms with Gasteiger partial charge < -0.3 is 19.5 Å². The zero-order valence-electron chi connectivity index (χ0n) is 16.2. The molecular formula is C16H31IN6O3S. The van der Waals surface area contributed by atoms with Crippen LogP contribution in [-0.4, -0.2) is 91.4 Å². The molecule has 0 unspecified atom stereocenters. The maximum atomic E-state index is 12.4. The Morgan fingerprint density at radius 2 is 2.00 bits per heavy atom. The lowest BCUT2D eigenvalue weighted by atomic mass is 10.4. The number of aliphatic imine (C=N–C) groups is 1. The summed E-state index contributed by atoms with van der Waals surface area (Å²) in [5.41, 5.74) is 0. The normalized spacial score (nSPS) is 16.4. The third-order valence-corrected chi connectivity index (χ3v) is 5.98. The van der Waals surface area contributed by atoms with Crippen molar-refractivity contribution in [2.45, 2.75) is 26.5 Å². The highest BCUT2D eigenvalue weighted by molar-refractivity contribution is 14.0. The molecule has 0 saturated carbocycles. The number of aromatic nitrogens is 2. The second-order valence-corrected chi connectivity index (χ2v) is 8.48. The second kappa shape index (κ2) is 11.8. The predicted octanol–water partition coefficient (Wildman–Crippen LogP) is 0.449. The van der Waals surface area contributed by atoms with Crippen LogP contribution in [0.4, 0.5) is 0 Å². The van der Waals surface area contributed by atoms with Crippen molar-refractivity contribution in [3.8, 4) is 0 Å². The molecule has 0 aromatic carbocycles. The number of hydrogen-bond donors (Lipinski definition) is 1. The van der Waals surface area contributed by atoms with Crippen LogP contribution in [0, 0.1) is 0 Å². The molecule has 0 bridgehead atoms. The Bertz CT molecular complexity index is 658. The summed E-state index contributed by atoms with van der Waals surface area (Å²) < 4.78 is 33.7. The van der Waals surface area contributed by atoms with E-state index in [0.717, 1.165) is 19.0 Å². The summed E-state index contributed by atoms with van der Waals surface area (Å²) >= 11 is 0. The molecule has 11 heteroatoms. The first-order chi connectivity index (χ1) is 12.4. The number of nitrogens with zero attached hydrogens (tertiary/aromatic N) is 5. The first kappa shape index (κ1) is 24.1. The van der Waals surface area contributed by atoms with Crippen molar-refractivity contribution in [2.75, 3.05) is 52.1 Å². The molecule has 0 aliphatic carbocycles. The van der Waals surface area contributed by atoms with Gasteiger partial charge in [-0.3, -0.25) is 4.99 Å². The van der Waals surface area contributed by atoms with Gasteiger partial charge in [-0.25, -0.2) is 13.4 Å². The molecule has 0 radical (unpaired) electrons. The van der Waals surface area contributed by atoms with Crippen molar-refractivity contribution in [1.82, 2.24) is 24.1 Å². The van der Waals surface area contributed by atoms with Gasteiger partial charge >= 0.3 is 0 Å². The Balaban J connectivity index is 0.00000364. The summed E-state index contributed by atoms with van der Waals surface area (Å²) in [4.78, 5) is 10.4. The summed E-state index contributed by atoms with van der Waals surface area (Å²) in [6, 6.07) is 0. The minimum Gasteiger partial charge on any atom is -0.378 e. The van der Waals surface area contributed by atoms with Crippen LogP contribution in [0.3, 0.4) is 0 Å². The Morgan fingerprint density at radius 3 is 2.56 bits per heavy atom. The van der Waals surface area contributed by atoms with Crippen LogP contribution in [-0.2, 0) is 21.3 Å². The minimum atomic E-state index is -3.27. The van der Waals surface area contributed by atoms with Crippen molar-refractivity contribution in [3.05, 3.63) is 18.7 Å². The van der Waals surface area contributed by atoms with Gasteiger partial charge in [-0.15, -0.1) is 24.0 Å². The molecule has 2 rings (SSSR count). The number of sulfonamides is 1. The van der Waals surface area contributed by atoms with Gasteiger partial charge in [0.05, 0.1) is 24.8 Å². The summed E-state index contributed by atoms with van der Waals surface area (Å²) in [7, 11) is -1.53. The molecular weight excluding hydrogens is 483 g/mol. The first-order valence-electron chi connectivity index (χ1n) is 8.93. The highest BCUT2D eigenvalue weighted by Gasteiger charge is 2.27. The number of guanidine groups is 1. The van der Waals surface area contributed by atoms with Gasteiger partial charge in [-0.05, 0) is 13.8 Å². The Morgan fingerprint density at radius 1 is 1.30 bits per heavy atom. The Kier molecular flexibility index (Phi) is 10.6. The van der Waals surface area contributed by atoms with Crippen molar-refractivity contribution >= 4 is 40.0 Å². The smallest absolute Gasteiger partial charge is 0.216 e. The van der Waals surface area contributed by atoms with E-state index in [1.54, 1.807) is 23.9 Å². The number of rotatable bonds is 8. The molecule has 1 aliphatic heterocycles. The molecule has 1 aliphatic rings. The van der Waals surface area contributed by atoms with Gasteiger partial charge in [0.2, 0.25) is 10.0 Å². The molecule has 1 saturated heterocycles. The molecule has 0 amide bonds. The fourth-order valence-corrected chi connectivity index (χ4v) is 4.03. The van der Waals surface area contributed by atoms with E-state index >= 15 is 0 Å². The maximum absolute atomic E-state index is 12.4. The van der Waals surface area contributed by atoms with Crippen LogP contribution in [0.1, 0.15) is 13.8 Å². The zero-order valence-corrected chi connectivity index (χ0v) is 19.4. The van der Waals surface area contributed by atoms with Crippen molar-refractivity contribution in [3.63, 3.8) is 0 Å². The van der Waals surface area contributed by atoms with E-state index in [-0.39, 0.29) is 42.4 Å². The number of nitrogens with one attached hydrogen (secondary N) is 1. The third kappa shape index (κ3) is 7.92. The molecule has 156 valence electrons. The highest BCUT2D eigenvalue weighted by atomic mass is 127. The van der Waals surface area contributed by atoms with E-state index in [1.165, 1.54) is 0 Å². The fourth-order valence-electron chi connectivity index (χ4n) is 2.74. The lowest BCUT2D eigenvalue weighted by Crippen LogP contribution is -2.54. The van der Waals surface area contributed by atoms with Crippen LogP contribution in [0.5, 0.6) is 0 Å². The van der Waals surface area contributed by atoms with E-state index in [4.69, 9.17) is 4.74 Å². The maximum Gasteiger partial charge on any atom is 0.216 e. The van der Waals surface area contributed by atoms with Gasteiger partial charge in [0, 0.05) is 58.7 Å². The van der Waals surface area contributed by atoms with E-state index in [0.29, 0.717) is 26.2 Å². The van der Waals surface area contributed by atoms with Crippen molar-refractivity contribution < 1.29 is 13.2 Å². The topological polar surface area (TPSA) is 92.1 Å². The van der Waals surface area contributed by atoms with Crippen LogP contribution < -0.4 is 5.32 Å². The van der Waals surface area contributed by atoms with Gasteiger partial charge in [0.25, 0.3) is 0 Å². The quantitative estimate of drug-likeness (QED) is 0.308. The van der Waals surface area contributed by atoms with Crippen LogP contribution >= 0.6 is 24.0 Å². The number of halogens is 1. The molecule has 1 fully saturated rings.